The van der Waals surface area contributed by atoms with Crippen LogP contribution in [0.3, 0.4) is 0 Å². The number of hydrogen-bond acceptors (Lipinski definition) is 7. The molecule has 3 heterocycles. The van der Waals surface area contributed by atoms with Gasteiger partial charge in [0.1, 0.15) is 0 Å². The van der Waals surface area contributed by atoms with E-state index in [1.807, 2.05) is 28.8 Å². The average molecular weight is 550 g/mol. The zero-order valence-corrected chi connectivity index (χ0v) is 22.8. The summed E-state index contributed by atoms with van der Waals surface area (Å²) in [6.07, 6.45) is 3.62. The summed E-state index contributed by atoms with van der Waals surface area (Å²) in [5.74, 6) is 0.350. The van der Waals surface area contributed by atoms with Crippen LogP contribution < -0.4 is 10.9 Å². The summed E-state index contributed by atoms with van der Waals surface area (Å²) in [4.78, 5) is 33.0. The Bertz CT molecular complexity index is 1650. The largest absolute Gasteiger partial charge is 0.379 e. The highest BCUT2D eigenvalue weighted by Gasteiger charge is 2.16. The Morgan fingerprint density at radius 3 is 2.41 bits per heavy atom. The van der Waals surface area contributed by atoms with Gasteiger partial charge >= 0.3 is 0 Å². The average Bonchev–Trinajstić information content (AvgIpc) is 3.47. The van der Waals surface area contributed by atoms with Gasteiger partial charge < -0.3 is 14.6 Å². The van der Waals surface area contributed by atoms with Gasteiger partial charge in [0, 0.05) is 62.5 Å². The zero-order valence-electron chi connectivity index (χ0n) is 22.8. The second-order valence-corrected chi connectivity index (χ2v) is 9.91. The molecule has 41 heavy (non-hydrogen) atoms. The first-order valence-corrected chi connectivity index (χ1v) is 13.8. The van der Waals surface area contributed by atoms with Crippen LogP contribution >= 0.6 is 0 Å². The normalized spacial score (nSPS) is 13.5. The molecule has 10 nitrogen and oxygen atoms in total. The van der Waals surface area contributed by atoms with Gasteiger partial charge in [-0.1, -0.05) is 24.3 Å². The van der Waals surface area contributed by atoms with E-state index in [-0.39, 0.29) is 11.5 Å². The Kier molecular flexibility index (Phi) is 8.85. The number of aromatic nitrogens is 3. The molecule has 0 saturated carbocycles. The van der Waals surface area contributed by atoms with Gasteiger partial charge in [0.05, 0.1) is 42.3 Å². The maximum atomic E-state index is 13.2. The van der Waals surface area contributed by atoms with Crippen LogP contribution in [0.5, 0.6) is 0 Å². The second-order valence-electron chi connectivity index (χ2n) is 9.91. The van der Waals surface area contributed by atoms with Crippen molar-refractivity contribution in [3.05, 3.63) is 82.3 Å². The van der Waals surface area contributed by atoms with Crippen molar-refractivity contribution in [3.63, 3.8) is 0 Å². The Hall–Kier alpha value is -4.77. The molecular formula is C31H31N7O3. The SMILES string of the molecule is N#CCCCCn1c(-c2ccc(C(=O)NCCN3CCOCC3)cc2)cc(=O)n2cc(-c3ccc(C#N)cc3)nc12. The highest BCUT2D eigenvalue weighted by molar-refractivity contribution is 5.94. The number of nitrogens with zero attached hydrogens (tertiary/aromatic N) is 6. The summed E-state index contributed by atoms with van der Waals surface area (Å²) < 4.78 is 8.88. The molecular weight excluding hydrogens is 518 g/mol. The van der Waals surface area contributed by atoms with E-state index >= 15 is 0 Å². The number of amides is 1. The molecule has 10 heteroatoms. The van der Waals surface area contributed by atoms with Crippen LogP contribution in [-0.4, -0.2) is 64.2 Å². The van der Waals surface area contributed by atoms with Crippen molar-refractivity contribution < 1.29 is 9.53 Å². The van der Waals surface area contributed by atoms with Crippen LogP contribution in [0.1, 0.15) is 35.2 Å². The van der Waals surface area contributed by atoms with Crippen LogP contribution in [0.15, 0.2) is 65.6 Å². The van der Waals surface area contributed by atoms with Crippen LogP contribution in [0.4, 0.5) is 0 Å². The number of hydrogen-bond donors (Lipinski definition) is 1. The lowest BCUT2D eigenvalue weighted by Crippen LogP contribution is -2.41. The number of benzene rings is 2. The molecule has 0 atom stereocenters. The number of ether oxygens (including phenoxy) is 1. The highest BCUT2D eigenvalue weighted by Crippen LogP contribution is 2.24. The van der Waals surface area contributed by atoms with Crippen molar-refractivity contribution in [1.82, 2.24) is 24.2 Å². The predicted octanol–water partition coefficient (Wildman–Crippen LogP) is 3.46. The summed E-state index contributed by atoms with van der Waals surface area (Å²) in [6.45, 7) is 5.09. The van der Waals surface area contributed by atoms with Crippen molar-refractivity contribution in [1.29, 1.82) is 10.5 Å². The van der Waals surface area contributed by atoms with E-state index in [0.29, 0.717) is 47.8 Å². The summed E-state index contributed by atoms with van der Waals surface area (Å²) in [5.41, 5.74) is 3.77. The molecule has 5 rings (SSSR count). The lowest BCUT2D eigenvalue weighted by Gasteiger charge is -2.26. The van der Waals surface area contributed by atoms with Crippen molar-refractivity contribution in [2.24, 2.45) is 0 Å². The molecule has 1 saturated heterocycles. The number of aryl methyl sites for hydroxylation is 1. The third-order valence-corrected chi connectivity index (χ3v) is 7.21. The number of carbonyl (C=O) groups excluding carboxylic acids is 1. The summed E-state index contributed by atoms with van der Waals surface area (Å²) in [7, 11) is 0. The van der Waals surface area contributed by atoms with Crippen LogP contribution in [0, 0.1) is 22.7 Å². The number of unbranched alkanes of at least 4 members (excludes halogenated alkanes) is 2. The topological polar surface area (TPSA) is 128 Å². The lowest BCUT2D eigenvalue weighted by atomic mass is 10.1. The third-order valence-electron chi connectivity index (χ3n) is 7.21. The van der Waals surface area contributed by atoms with E-state index in [2.05, 4.69) is 22.4 Å². The number of fused-ring (bicyclic) bond motifs is 1. The van der Waals surface area contributed by atoms with E-state index < -0.39 is 0 Å². The molecule has 1 N–H and O–H groups in total. The van der Waals surface area contributed by atoms with E-state index in [1.54, 1.807) is 36.5 Å². The Morgan fingerprint density at radius 2 is 1.71 bits per heavy atom. The zero-order chi connectivity index (χ0) is 28.6. The number of morpholine rings is 1. The molecule has 1 aliphatic rings. The minimum atomic E-state index is -0.222. The maximum Gasteiger partial charge on any atom is 0.259 e. The van der Waals surface area contributed by atoms with Gasteiger partial charge in [0.25, 0.3) is 11.5 Å². The van der Waals surface area contributed by atoms with E-state index in [0.717, 1.165) is 56.8 Å². The monoisotopic (exact) mass is 549 g/mol. The predicted molar refractivity (Wildman–Crippen MR) is 154 cm³/mol. The van der Waals surface area contributed by atoms with Crippen LogP contribution in [-0.2, 0) is 11.3 Å². The van der Waals surface area contributed by atoms with Gasteiger partial charge in [0.2, 0.25) is 5.78 Å². The third kappa shape index (κ3) is 6.52. The molecule has 1 amide bonds. The molecule has 208 valence electrons. The number of rotatable bonds is 10. The molecule has 4 aromatic rings. The van der Waals surface area contributed by atoms with E-state index in [1.165, 1.54) is 4.40 Å². The van der Waals surface area contributed by atoms with Gasteiger partial charge in [-0.05, 0) is 42.7 Å². The van der Waals surface area contributed by atoms with Gasteiger partial charge in [-0.3, -0.25) is 18.9 Å². The number of nitrogens with one attached hydrogen (secondary N) is 1. The molecule has 0 aliphatic carbocycles. The van der Waals surface area contributed by atoms with Gasteiger partial charge in [-0.25, -0.2) is 4.98 Å². The molecule has 1 fully saturated rings. The van der Waals surface area contributed by atoms with Crippen molar-refractivity contribution in [2.45, 2.75) is 25.8 Å². The molecule has 1 aliphatic heterocycles. The Balaban J connectivity index is 1.41. The fourth-order valence-corrected chi connectivity index (χ4v) is 4.93. The molecule has 2 aromatic carbocycles. The molecule has 0 radical (unpaired) electrons. The Labute approximate surface area is 238 Å². The summed E-state index contributed by atoms with van der Waals surface area (Å²) in [6, 6.07) is 20.2. The standard InChI is InChI=1S/C31H31N7O3/c32-12-2-1-3-14-37-28(20-29(39)38-22-27(35-31(37)38)24-6-4-23(21-33)5-7-24)25-8-10-26(11-9-25)30(40)34-13-15-36-16-18-41-19-17-36/h4-11,20,22H,1-3,13-19H2,(H,34,40). The summed E-state index contributed by atoms with van der Waals surface area (Å²) >= 11 is 0. The number of nitriles is 2. The molecule has 0 spiro atoms. The molecule has 2 aromatic heterocycles. The second kappa shape index (κ2) is 13.1. The first kappa shape index (κ1) is 27.8. The van der Waals surface area contributed by atoms with Crippen molar-refractivity contribution in [3.8, 4) is 34.7 Å². The van der Waals surface area contributed by atoms with E-state index in [9.17, 15) is 9.59 Å². The van der Waals surface area contributed by atoms with Gasteiger partial charge in [0.15, 0.2) is 0 Å². The molecule has 0 bridgehead atoms. The molecule has 0 unspecified atom stereocenters. The fourth-order valence-electron chi connectivity index (χ4n) is 4.93. The fraction of sp³-hybridized carbons (Fsp3) is 0.323. The minimum Gasteiger partial charge on any atom is -0.379 e. The number of carbonyl (C=O) groups is 1. The quantitative estimate of drug-likeness (QED) is 0.300. The van der Waals surface area contributed by atoms with Gasteiger partial charge in [-0.15, -0.1) is 0 Å². The first-order valence-electron chi connectivity index (χ1n) is 13.8. The Morgan fingerprint density at radius 1 is 0.976 bits per heavy atom. The lowest BCUT2D eigenvalue weighted by molar-refractivity contribution is 0.0383. The highest BCUT2D eigenvalue weighted by atomic mass is 16.5. The van der Waals surface area contributed by atoms with Crippen molar-refractivity contribution in [2.75, 3.05) is 39.4 Å². The summed E-state index contributed by atoms with van der Waals surface area (Å²) in [5, 5.41) is 21.1. The minimum absolute atomic E-state index is 0.144. The van der Waals surface area contributed by atoms with E-state index in [4.69, 9.17) is 20.2 Å². The van der Waals surface area contributed by atoms with Crippen LogP contribution in [0.25, 0.3) is 28.3 Å². The smallest absolute Gasteiger partial charge is 0.259 e. The van der Waals surface area contributed by atoms with Crippen molar-refractivity contribution >= 4 is 11.7 Å². The number of imidazole rings is 1. The maximum absolute atomic E-state index is 13.2. The van der Waals surface area contributed by atoms with Crippen LogP contribution in [0.2, 0.25) is 0 Å². The van der Waals surface area contributed by atoms with Gasteiger partial charge in [-0.2, -0.15) is 10.5 Å². The first-order chi connectivity index (χ1) is 20.1.